The molecule has 0 atom stereocenters. The minimum atomic E-state index is -2.78. The number of nitrogens with one attached hydrogen (secondary N) is 2. The van der Waals surface area contributed by atoms with Crippen molar-refractivity contribution in [2.75, 3.05) is 36.4 Å². The Labute approximate surface area is 220 Å². The van der Waals surface area contributed by atoms with Gasteiger partial charge < -0.3 is 20.1 Å². The van der Waals surface area contributed by atoms with Crippen LogP contribution < -0.4 is 10.2 Å². The maximum absolute atomic E-state index is 13.8. The number of alkyl halides is 2. The van der Waals surface area contributed by atoms with Crippen molar-refractivity contribution in [3.63, 3.8) is 0 Å². The van der Waals surface area contributed by atoms with Gasteiger partial charge in [0, 0.05) is 72.6 Å². The molecule has 0 radical (unpaired) electrons. The first-order valence-electron chi connectivity index (χ1n) is 12.3. The van der Waals surface area contributed by atoms with Crippen LogP contribution in [-0.2, 0) is 0 Å². The van der Waals surface area contributed by atoms with Crippen molar-refractivity contribution in [3.05, 3.63) is 84.7 Å². The first-order valence-corrected chi connectivity index (χ1v) is 12.3. The number of hydrogen-bond acceptors (Lipinski definition) is 6. The average Bonchev–Trinajstić information content (AvgIpc) is 3.61. The summed E-state index contributed by atoms with van der Waals surface area (Å²) in [6, 6.07) is 15.4. The number of aromatic amines is 1. The maximum atomic E-state index is 13.8. The number of aromatic nitrogens is 5. The summed E-state index contributed by atoms with van der Waals surface area (Å²) in [6.45, 7) is -0.659. The van der Waals surface area contributed by atoms with Crippen molar-refractivity contribution >= 4 is 34.1 Å². The first kappa shape index (κ1) is 24.5. The predicted molar refractivity (Wildman–Crippen MR) is 141 cm³/mol. The van der Waals surface area contributed by atoms with Crippen molar-refractivity contribution in [3.8, 4) is 11.3 Å². The normalized spacial score (nSPS) is 13.8. The van der Waals surface area contributed by atoms with Crippen LogP contribution in [0, 0.1) is 5.82 Å². The van der Waals surface area contributed by atoms with E-state index in [1.165, 1.54) is 18.2 Å². The molecule has 4 heterocycles. The van der Waals surface area contributed by atoms with Crippen LogP contribution in [0.3, 0.4) is 0 Å². The number of piperazine rings is 1. The Morgan fingerprint density at radius 1 is 1.00 bits per heavy atom. The van der Waals surface area contributed by atoms with Crippen LogP contribution in [0.4, 0.5) is 30.5 Å². The molecule has 6 rings (SSSR count). The Morgan fingerprint density at radius 3 is 2.54 bits per heavy atom. The summed E-state index contributed by atoms with van der Waals surface area (Å²) in [5.74, 6) is -0.258. The van der Waals surface area contributed by atoms with Crippen LogP contribution >= 0.6 is 0 Å². The zero-order valence-electron chi connectivity index (χ0n) is 20.6. The van der Waals surface area contributed by atoms with Gasteiger partial charge in [0.15, 0.2) is 5.69 Å². The Hall–Kier alpha value is -4.87. The van der Waals surface area contributed by atoms with Gasteiger partial charge in [-0.1, -0.05) is 0 Å². The fraction of sp³-hybridized carbons (Fsp3) is 0.185. The monoisotopic (exact) mass is 532 g/mol. The van der Waals surface area contributed by atoms with Gasteiger partial charge in [-0.3, -0.25) is 4.79 Å². The van der Waals surface area contributed by atoms with E-state index >= 15 is 0 Å². The number of hydrogen-bond donors (Lipinski definition) is 2. The molecule has 3 aromatic heterocycles. The highest BCUT2D eigenvalue weighted by Crippen LogP contribution is 2.29. The van der Waals surface area contributed by atoms with Crippen LogP contribution in [0.1, 0.15) is 17.0 Å². The SMILES string of the molecule is O=C(c1ccn(C(F)F)n1)N1CCN(c2ccc(Nc3nccc(-c4c[nH]c5ccc(F)cc45)n3)cc2)CC1. The van der Waals surface area contributed by atoms with Gasteiger partial charge >= 0.3 is 6.55 Å². The number of carbonyl (C=O) groups excluding carboxylic acids is 1. The lowest BCUT2D eigenvalue weighted by molar-refractivity contribution is 0.0550. The molecule has 39 heavy (non-hydrogen) atoms. The molecule has 1 saturated heterocycles. The van der Waals surface area contributed by atoms with Crippen molar-refractivity contribution in [1.29, 1.82) is 0 Å². The minimum Gasteiger partial charge on any atom is -0.368 e. The van der Waals surface area contributed by atoms with Crippen LogP contribution in [0.15, 0.2) is 73.2 Å². The van der Waals surface area contributed by atoms with Gasteiger partial charge in [0.1, 0.15) is 5.82 Å². The van der Waals surface area contributed by atoms with E-state index in [9.17, 15) is 18.0 Å². The second kappa shape index (κ2) is 10.1. The van der Waals surface area contributed by atoms with E-state index in [2.05, 4.69) is 30.3 Å². The number of rotatable bonds is 6. The lowest BCUT2D eigenvalue weighted by Crippen LogP contribution is -2.48. The smallest absolute Gasteiger partial charge is 0.333 e. The van der Waals surface area contributed by atoms with Crippen molar-refractivity contribution < 1.29 is 18.0 Å². The Balaban J connectivity index is 1.09. The molecule has 2 N–H and O–H groups in total. The summed E-state index contributed by atoms with van der Waals surface area (Å²) in [5, 5.41) is 7.62. The second-order valence-electron chi connectivity index (χ2n) is 9.07. The van der Waals surface area contributed by atoms with E-state index in [1.54, 1.807) is 29.4 Å². The molecule has 9 nitrogen and oxygen atoms in total. The van der Waals surface area contributed by atoms with Gasteiger partial charge in [-0.2, -0.15) is 13.9 Å². The summed E-state index contributed by atoms with van der Waals surface area (Å²) in [5.41, 5.74) is 4.07. The highest BCUT2D eigenvalue weighted by molar-refractivity contribution is 5.94. The lowest BCUT2D eigenvalue weighted by atomic mass is 10.1. The molecule has 12 heteroatoms. The molecule has 0 unspecified atom stereocenters. The van der Waals surface area contributed by atoms with Gasteiger partial charge in [0.25, 0.3) is 5.91 Å². The third kappa shape index (κ3) is 5.00. The van der Waals surface area contributed by atoms with Crippen LogP contribution in [-0.4, -0.2) is 61.7 Å². The third-order valence-electron chi connectivity index (χ3n) is 6.66. The van der Waals surface area contributed by atoms with E-state index < -0.39 is 6.55 Å². The molecule has 1 fully saturated rings. The van der Waals surface area contributed by atoms with Crippen molar-refractivity contribution in [2.45, 2.75) is 6.55 Å². The molecule has 2 aromatic carbocycles. The van der Waals surface area contributed by atoms with Gasteiger partial charge in [0.05, 0.1) is 5.69 Å². The van der Waals surface area contributed by atoms with E-state index in [-0.39, 0.29) is 17.4 Å². The Morgan fingerprint density at radius 2 is 1.79 bits per heavy atom. The van der Waals surface area contributed by atoms with E-state index in [0.717, 1.165) is 34.0 Å². The van der Waals surface area contributed by atoms with Crippen LogP contribution in [0.25, 0.3) is 22.2 Å². The fourth-order valence-electron chi connectivity index (χ4n) is 4.65. The topological polar surface area (TPSA) is 95.0 Å². The number of H-pyrrole nitrogens is 1. The molecule has 1 amide bonds. The zero-order valence-corrected chi connectivity index (χ0v) is 20.6. The third-order valence-corrected chi connectivity index (χ3v) is 6.66. The molecule has 0 saturated carbocycles. The highest BCUT2D eigenvalue weighted by atomic mass is 19.3. The van der Waals surface area contributed by atoms with Gasteiger partial charge in [-0.15, -0.1) is 0 Å². The number of anilines is 3. The standard InChI is InChI=1S/C27H23F3N8O/c28-17-1-6-22-20(15-17)21(16-32-22)23-7-9-31-27(34-23)33-18-2-4-19(5-3-18)36-11-13-37(14-12-36)25(39)24-8-10-38(35-24)26(29)30/h1-10,15-16,26,32H,11-14H2,(H,31,33,34). The number of carbonyl (C=O) groups is 1. The number of benzene rings is 2. The molecular weight excluding hydrogens is 509 g/mol. The maximum Gasteiger partial charge on any atom is 0.333 e. The molecule has 1 aliphatic rings. The molecular formula is C27H23F3N8O. The summed E-state index contributed by atoms with van der Waals surface area (Å²) in [6.07, 6.45) is 4.55. The van der Waals surface area contributed by atoms with Crippen molar-refractivity contribution in [2.24, 2.45) is 0 Å². The van der Waals surface area contributed by atoms with Gasteiger partial charge in [-0.05, 0) is 54.6 Å². The number of fused-ring (bicyclic) bond motifs is 1. The number of halogens is 3. The van der Waals surface area contributed by atoms with Gasteiger partial charge in [-0.25, -0.2) is 19.0 Å². The largest absolute Gasteiger partial charge is 0.368 e. The molecule has 1 aliphatic heterocycles. The predicted octanol–water partition coefficient (Wildman–Crippen LogP) is 5.06. The molecule has 0 bridgehead atoms. The van der Waals surface area contributed by atoms with E-state index in [0.29, 0.717) is 42.5 Å². The molecule has 0 aliphatic carbocycles. The Kier molecular flexibility index (Phi) is 6.35. The molecule has 0 spiro atoms. The number of nitrogens with zero attached hydrogens (tertiary/aromatic N) is 6. The Bertz CT molecular complexity index is 1620. The summed E-state index contributed by atoms with van der Waals surface area (Å²) in [4.78, 5) is 28.4. The summed E-state index contributed by atoms with van der Waals surface area (Å²) < 4.78 is 39.8. The minimum absolute atomic E-state index is 0.0160. The summed E-state index contributed by atoms with van der Waals surface area (Å²) in [7, 11) is 0. The van der Waals surface area contributed by atoms with E-state index in [1.807, 2.05) is 24.3 Å². The first-order chi connectivity index (χ1) is 18.9. The van der Waals surface area contributed by atoms with E-state index in [4.69, 9.17) is 0 Å². The average molecular weight is 533 g/mol. The highest BCUT2D eigenvalue weighted by Gasteiger charge is 2.24. The van der Waals surface area contributed by atoms with Crippen molar-refractivity contribution in [1.82, 2.24) is 29.6 Å². The molecule has 198 valence electrons. The van der Waals surface area contributed by atoms with Crippen LogP contribution in [0.5, 0.6) is 0 Å². The lowest BCUT2D eigenvalue weighted by Gasteiger charge is -2.35. The number of amides is 1. The van der Waals surface area contributed by atoms with Crippen LogP contribution in [0.2, 0.25) is 0 Å². The van der Waals surface area contributed by atoms with Gasteiger partial charge in [0.2, 0.25) is 5.95 Å². The fourth-order valence-corrected chi connectivity index (χ4v) is 4.65. The zero-order chi connectivity index (χ0) is 26.9. The molecule has 5 aromatic rings. The quantitative estimate of drug-likeness (QED) is 0.318. The second-order valence-corrected chi connectivity index (χ2v) is 9.07. The summed E-state index contributed by atoms with van der Waals surface area (Å²) >= 11 is 0.